The van der Waals surface area contributed by atoms with Gasteiger partial charge in [0.15, 0.2) is 5.65 Å². The zero-order valence-corrected chi connectivity index (χ0v) is 15.0. The molecule has 3 aromatic rings. The van der Waals surface area contributed by atoms with E-state index in [9.17, 15) is 22.7 Å². The van der Waals surface area contributed by atoms with Crippen LogP contribution in [0, 0.1) is 12.7 Å². The van der Waals surface area contributed by atoms with E-state index >= 15 is 0 Å². The number of benzene rings is 1. The van der Waals surface area contributed by atoms with Crippen molar-refractivity contribution in [2.24, 2.45) is 7.05 Å². The fourth-order valence-electron chi connectivity index (χ4n) is 2.76. The van der Waals surface area contributed by atoms with Crippen LogP contribution in [0.15, 0.2) is 35.4 Å². The van der Waals surface area contributed by atoms with Crippen LogP contribution < -0.4 is 4.31 Å². The summed E-state index contributed by atoms with van der Waals surface area (Å²) in [5, 5.41) is 14.0. The zero-order chi connectivity index (χ0) is 19.2. The molecule has 2 aromatic heterocycles. The SMILES string of the molecule is Cc1nn(C)c2ncc(C(=O)O)c(N(C)S(=O)(=O)c3ccc(F)cc3)c12. The minimum atomic E-state index is -4.13. The first kappa shape index (κ1) is 17.8. The molecule has 0 saturated carbocycles. The topological polar surface area (TPSA) is 105 Å². The molecule has 10 heteroatoms. The second-order valence-corrected chi connectivity index (χ2v) is 7.63. The minimum absolute atomic E-state index is 0.0441. The Labute approximate surface area is 148 Å². The first-order chi connectivity index (χ1) is 12.1. The summed E-state index contributed by atoms with van der Waals surface area (Å²) in [7, 11) is -1.26. The standard InChI is InChI=1S/C16H15FN4O4S/c1-9-13-14(12(16(22)23)8-18-15(13)20(2)19-9)21(3)26(24,25)11-6-4-10(17)5-7-11/h4-8H,1-3H3,(H,22,23). The van der Waals surface area contributed by atoms with Gasteiger partial charge in [-0.1, -0.05) is 0 Å². The van der Waals surface area contributed by atoms with Gasteiger partial charge < -0.3 is 5.11 Å². The molecule has 0 bridgehead atoms. The highest BCUT2D eigenvalue weighted by molar-refractivity contribution is 7.92. The first-order valence-electron chi connectivity index (χ1n) is 7.44. The molecule has 1 N–H and O–H groups in total. The average molecular weight is 378 g/mol. The van der Waals surface area contributed by atoms with Crippen molar-refractivity contribution in [2.75, 3.05) is 11.4 Å². The van der Waals surface area contributed by atoms with E-state index < -0.39 is 21.8 Å². The number of carboxylic acid groups (broad SMARTS) is 1. The van der Waals surface area contributed by atoms with Crippen LogP contribution in [0.4, 0.5) is 10.1 Å². The highest BCUT2D eigenvalue weighted by atomic mass is 32.2. The summed E-state index contributed by atoms with van der Waals surface area (Å²) in [4.78, 5) is 15.6. The van der Waals surface area contributed by atoms with Crippen molar-refractivity contribution in [1.82, 2.24) is 14.8 Å². The Morgan fingerprint density at radius 1 is 1.27 bits per heavy atom. The fraction of sp³-hybridized carbons (Fsp3) is 0.188. The fourth-order valence-corrected chi connectivity index (χ4v) is 3.99. The maximum Gasteiger partial charge on any atom is 0.339 e. The molecule has 26 heavy (non-hydrogen) atoms. The zero-order valence-electron chi connectivity index (χ0n) is 14.1. The number of anilines is 1. The molecular formula is C16H15FN4O4S. The lowest BCUT2D eigenvalue weighted by molar-refractivity contribution is 0.0697. The number of aromatic nitrogens is 3. The van der Waals surface area contributed by atoms with E-state index in [-0.39, 0.29) is 16.1 Å². The van der Waals surface area contributed by atoms with Crippen LogP contribution in [0.5, 0.6) is 0 Å². The summed E-state index contributed by atoms with van der Waals surface area (Å²) < 4.78 is 41.3. The molecule has 2 heterocycles. The van der Waals surface area contributed by atoms with E-state index in [2.05, 4.69) is 10.1 Å². The van der Waals surface area contributed by atoms with Crippen LogP contribution in [0.1, 0.15) is 16.1 Å². The van der Waals surface area contributed by atoms with Gasteiger partial charge in [0.1, 0.15) is 11.4 Å². The lowest BCUT2D eigenvalue weighted by Crippen LogP contribution is -2.28. The van der Waals surface area contributed by atoms with Gasteiger partial charge in [0.25, 0.3) is 10.0 Å². The molecule has 0 atom stereocenters. The summed E-state index contributed by atoms with van der Waals surface area (Å²) in [5.41, 5.74) is 0.470. The van der Waals surface area contributed by atoms with Gasteiger partial charge in [-0.3, -0.25) is 8.99 Å². The van der Waals surface area contributed by atoms with Crippen LogP contribution in [0.25, 0.3) is 11.0 Å². The third-order valence-electron chi connectivity index (χ3n) is 4.02. The van der Waals surface area contributed by atoms with Gasteiger partial charge in [-0.25, -0.2) is 22.6 Å². The second-order valence-electron chi connectivity index (χ2n) is 5.66. The maximum absolute atomic E-state index is 13.1. The van der Waals surface area contributed by atoms with Crippen LogP contribution in [-0.2, 0) is 17.1 Å². The molecule has 8 nitrogen and oxygen atoms in total. The van der Waals surface area contributed by atoms with Crippen molar-refractivity contribution in [3.63, 3.8) is 0 Å². The summed E-state index contributed by atoms with van der Waals surface area (Å²) in [6, 6.07) is 4.29. The van der Waals surface area contributed by atoms with E-state index in [0.29, 0.717) is 16.7 Å². The molecule has 0 radical (unpaired) electrons. The number of fused-ring (bicyclic) bond motifs is 1. The molecule has 0 spiro atoms. The highest BCUT2D eigenvalue weighted by Crippen LogP contribution is 2.34. The van der Waals surface area contributed by atoms with Crippen molar-refractivity contribution in [3.05, 3.63) is 47.5 Å². The Morgan fingerprint density at radius 3 is 2.46 bits per heavy atom. The Kier molecular flexibility index (Phi) is 4.15. The summed E-state index contributed by atoms with van der Waals surface area (Å²) in [5.74, 6) is -1.90. The monoisotopic (exact) mass is 378 g/mol. The molecule has 0 unspecified atom stereocenters. The Bertz CT molecular complexity index is 1120. The Hall–Kier alpha value is -3.01. The van der Waals surface area contributed by atoms with E-state index in [0.717, 1.165) is 34.8 Å². The number of pyridine rings is 1. The summed E-state index contributed by atoms with van der Waals surface area (Å²) >= 11 is 0. The molecule has 1 aromatic carbocycles. The van der Waals surface area contributed by atoms with E-state index in [1.54, 1.807) is 14.0 Å². The number of hydrogen-bond donors (Lipinski definition) is 1. The van der Waals surface area contributed by atoms with Gasteiger partial charge in [-0.15, -0.1) is 0 Å². The first-order valence-corrected chi connectivity index (χ1v) is 8.88. The normalized spacial score (nSPS) is 11.7. The summed E-state index contributed by atoms with van der Waals surface area (Å²) in [6.07, 6.45) is 1.10. The average Bonchev–Trinajstić information content (AvgIpc) is 2.88. The van der Waals surface area contributed by atoms with Crippen LogP contribution in [0.2, 0.25) is 0 Å². The quantitative estimate of drug-likeness (QED) is 0.744. The van der Waals surface area contributed by atoms with Crippen molar-refractivity contribution < 1.29 is 22.7 Å². The Morgan fingerprint density at radius 2 is 1.88 bits per heavy atom. The smallest absolute Gasteiger partial charge is 0.339 e. The van der Waals surface area contributed by atoms with E-state index in [1.807, 2.05) is 0 Å². The van der Waals surface area contributed by atoms with Gasteiger partial charge in [0.2, 0.25) is 0 Å². The molecule has 0 saturated heterocycles. The molecule has 3 rings (SSSR count). The number of sulfonamides is 1. The van der Waals surface area contributed by atoms with Crippen molar-refractivity contribution in [1.29, 1.82) is 0 Å². The molecule has 0 aliphatic heterocycles. The number of nitrogens with zero attached hydrogens (tertiary/aromatic N) is 4. The lowest BCUT2D eigenvalue weighted by Gasteiger charge is -2.22. The number of halogens is 1. The van der Waals surface area contributed by atoms with Crippen LogP contribution >= 0.6 is 0 Å². The van der Waals surface area contributed by atoms with Crippen LogP contribution in [-0.4, -0.2) is 41.3 Å². The predicted octanol–water partition coefficient (Wildman–Crippen LogP) is 1.94. The van der Waals surface area contributed by atoms with Crippen molar-refractivity contribution in [3.8, 4) is 0 Å². The summed E-state index contributed by atoms with van der Waals surface area (Å²) in [6.45, 7) is 1.64. The number of aromatic carboxylic acids is 1. The van der Waals surface area contributed by atoms with Crippen LogP contribution in [0.3, 0.4) is 0 Å². The van der Waals surface area contributed by atoms with Gasteiger partial charge in [0.05, 0.1) is 21.7 Å². The van der Waals surface area contributed by atoms with Gasteiger partial charge >= 0.3 is 5.97 Å². The predicted molar refractivity (Wildman–Crippen MR) is 92.2 cm³/mol. The number of carboxylic acids is 1. The van der Waals surface area contributed by atoms with Gasteiger partial charge in [0, 0.05) is 20.3 Å². The second kappa shape index (κ2) is 6.06. The van der Waals surface area contributed by atoms with E-state index in [4.69, 9.17) is 0 Å². The molecule has 0 amide bonds. The number of hydrogen-bond acceptors (Lipinski definition) is 5. The third-order valence-corrected chi connectivity index (χ3v) is 5.79. The molecule has 0 aliphatic rings. The highest BCUT2D eigenvalue weighted by Gasteiger charge is 2.29. The molecular weight excluding hydrogens is 363 g/mol. The van der Waals surface area contributed by atoms with Crippen molar-refractivity contribution >= 4 is 32.7 Å². The Balaban J connectivity index is 2.31. The van der Waals surface area contributed by atoms with Crippen molar-refractivity contribution in [2.45, 2.75) is 11.8 Å². The largest absolute Gasteiger partial charge is 0.478 e. The van der Waals surface area contributed by atoms with Gasteiger partial charge in [-0.2, -0.15) is 5.10 Å². The number of rotatable bonds is 4. The molecule has 0 fully saturated rings. The molecule has 0 aliphatic carbocycles. The van der Waals surface area contributed by atoms with E-state index in [1.165, 1.54) is 11.7 Å². The maximum atomic E-state index is 13.1. The van der Waals surface area contributed by atoms with Gasteiger partial charge in [-0.05, 0) is 31.2 Å². The number of carbonyl (C=O) groups is 1. The third kappa shape index (κ3) is 2.68. The minimum Gasteiger partial charge on any atom is -0.478 e. The lowest BCUT2D eigenvalue weighted by atomic mass is 10.1. The molecule has 136 valence electrons. The number of aryl methyl sites for hydroxylation is 2.